The van der Waals surface area contributed by atoms with Crippen molar-refractivity contribution >= 4 is 40.8 Å². The van der Waals surface area contributed by atoms with Gasteiger partial charge in [-0.25, -0.2) is 14.4 Å². The van der Waals surface area contributed by atoms with Crippen LogP contribution in [0.1, 0.15) is 12.8 Å². The highest BCUT2D eigenvalue weighted by Gasteiger charge is 2.29. The normalized spacial score (nSPS) is 17.0. The van der Waals surface area contributed by atoms with Crippen molar-refractivity contribution in [3.8, 4) is 0 Å². The number of piperidine rings is 1. The van der Waals surface area contributed by atoms with Crippen LogP contribution in [0.15, 0.2) is 34.6 Å². The lowest BCUT2D eigenvalue weighted by Crippen LogP contribution is -2.50. The number of aromatic nitrogens is 5. The number of hydrogen-bond donors (Lipinski definition) is 3. The maximum Gasteiger partial charge on any atom is 0.212 e. The summed E-state index contributed by atoms with van der Waals surface area (Å²) in [7, 11) is 0. The molecule has 0 unspecified atom stereocenters. The van der Waals surface area contributed by atoms with Crippen molar-refractivity contribution < 1.29 is 5.11 Å². The number of nitrogen functional groups attached to an aromatic ring is 1. The van der Waals surface area contributed by atoms with Gasteiger partial charge in [-0.1, -0.05) is 23.4 Å². The Balaban J connectivity index is 1.67. The van der Waals surface area contributed by atoms with Crippen LogP contribution in [0.3, 0.4) is 0 Å². The van der Waals surface area contributed by atoms with E-state index in [1.807, 2.05) is 4.40 Å². The lowest BCUT2D eigenvalue weighted by Gasteiger charge is -2.36. The fraction of sp³-hybridized carbons (Fsp3) is 0.333. The Labute approximate surface area is 158 Å². The zero-order chi connectivity index (χ0) is 18.3. The minimum atomic E-state index is -1.11. The van der Waals surface area contributed by atoms with Gasteiger partial charge in [-0.2, -0.15) is 0 Å². The predicted molar refractivity (Wildman–Crippen MR) is 99.1 cm³/mol. The second-order valence-corrected chi connectivity index (χ2v) is 7.61. The summed E-state index contributed by atoms with van der Waals surface area (Å²) in [6.45, 7) is 1.21. The lowest BCUT2D eigenvalue weighted by molar-refractivity contribution is 0.0223. The largest absolute Gasteiger partial charge is 0.382 e. The number of aliphatic hydroxyl groups is 1. The zero-order valence-corrected chi connectivity index (χ0v) is 15.3. The van der Waals surface area contributed by atoms with Crippen LogP contribution in [0.4, 0.5) is 11.8 Å². The third kappa shape index (κ3) is 3.16. The summed E-state index contributed by atoms with van der Waals surface area (Å²) in [6, 6.07) is 1.79. The molecule has 3 aromatic heterocycles. The highest BCUT2D eigenvalue weighted by molar-refractivity contribution is 7.99. The molecule has 0 saturated carbocycles. The Hall–Kier alpha value is -2.14. The van der Waals surface area contributed by atoms with Gasteiger partial charge in [0, 0.05) is 43.2 Å². The molecule has 136 valence electrons. The van der Waals surface area contributed by atoms with Crippen molar-refractivity contribution in [2.75, 3.05) is 23.7 Å². The first-order valence-corrected chi connectivity index (χ1v) is 9.17. The Morgan fingerprint density at radius 1 is 1.23 bits per heavy atom. The van der Waals surface area contributed by atoms with Crippen LogP contribution in [0.25, 0.3) is 5.65 Å². The first-order valence-electron chi connectivity index (χ1n) is 7.97. The molecular formula is C15H17ClN8OS. The number of hydrogen-bond acceptors (Lipinski definition) is 9. The van der Waals surface area contributed by atoms with E-state index in [-0.39, 0.29) is 5.82 Å². The van der Waals surface area contributed by atoms with Crippen molar-refractivity contribution in [2.24, 2.45) is 5.73 Å². The second kappa shape index (κ2) is 6.54. The second-order valence-electron chi connectivity index (χ2n) is 6.15. The summed E-state index contributed by atoms with van der Waals surface area (Å²) in [6.07, 6.45) is 5.91. The fourth-order valence-electron chi connectivity index (χ4n) is 2.82. The zero-order valence-electron chi connectivity index (χ0n) is 13.7. The number of halogens is 1. The number of fused-ring (bicyclic) bond motifs is 1. The number of nitrogens with two attached hydrogens (primary N) is 2. The first kappa shape index (κ1) is 17.3. The molecule has 0 amide bonds. The predicted octanol–water partition coefficient (Wildman–Crippen LogP) is 1.15. The molecule has 0 aromatic carbocycles. The smallest absolute Gasteiger partial charge is 0.212 e. The highest BCUT2D eigenvalue weighted by atomic mass is 35.5. The molecule has 4 heterocycles. The maximum absolute atomic E-state index is 9.94. The van der Waals surface area contributed by atoms with Crippen LogP contribution in [-0.2, 0) is 0 Å². The summed E-state index contributed by atoms with van der Waals surface area (Å²) in [5, 5.41) is 18.6. The quantitative estimate of drug-likeness (QED) is 0.561. The summed E-state index contributed by atoms with van der Waals surface area (Å²) in [4.78, 5) is 12.2. The van der Waals surface area contributed by atoms with Crippen molar-refractivity contribution in [2.45, 2.75) is 28.4 Å². The van der Waals surface area contributed by atoms with Crippen LogP contribution in [0.5, 0.6) is 0 Å². The number of anilines is 2. The molecule has 0 bridgehead atoms. The van der Waals surface area contributed by atoms with E-state index < -0.39 is 5.72 Å². The van der Waals surface area contributed by atoms with E-state index in [0.29, 0.717) is 42.5 Å². The third-order valence-electron chi connectivity index (χ3n) is 4.29. The van der Waals surface area contributed by atoms with Gasteiger partial charge in [0.05, 0.1) is 9.92 Å². The average Bonchev–Trinajstić information content (AvgIpc) is 3.10. The molecule has 1 fully saturated rings. The molecule has 1 saturated heterocycles. The van der Waals surface area contributed by atoms with Gasteiger partial charge >= 0.3 is 0 Å². The SMILES string of the molecule is Nc1nccc(Sc2cnc(N3CCC(N)(O)CC3)n3cnnc23)c1Cl. The lowest BCUT2D eigenvalue weighted by atomic mass is 10.0. The van der Waals surface area contributed by atoms with Crippen molar-refractivity contribution in [1.29, 1.82) is 0 Å². The number of rotatable bonds is 3. The van der Waals surface area contributed by atoms with Crippen molar-refractivity contribution in [3.63, 3.8) is 0 Å². The molecule has 0 spiro atoms. The highest BCUT2D eigenvalue weighted by Crippen LogP contribution is 2.37. The van der Waals surface area contributed by atoms with Crippen LogP contribution >= 0.6 is 23.4 Å². The van der Waals surface area contributed by atoms with E-state index in [1.54, 1.807) is 24.8 Å². The van der Waals surface area contributed by atoms with Crippen LogP contribution < -0.4 is 16.4 Å². The van der Waals surface area contributed by atoms with Crippen molar-refractivity contribution in [1.82, 2.24) is 24.6 Å². The van der Waals surface area contributed by atoms with Gasteiger partial charge in [0.2, 0.25) is 5.95 Å². The van der Waals surface area contributed by atoms with E-state index in [0.717, 1.165) is 9.79 Å². The van der Waals surface area contributed by atoms with Gasteiger partial charge in [0.25, 0.3) is 0 Å². The molecule has 11 heteroatoms. The van der Waals surface area contributed by atoms with Crippen molar-refractivity contribution in [3.05, 3.63) is 29.8 Å². The molecule has 3 aromatic rings. The van der Waals surface area contributed by atoms with Gasteiger partial charge in [-0.15, -0.1) is 10.2 Å². The molecule has 4 rings (SSSR count). The van der Waals surface area contributed by atoms with E-state index in [9.17, 15) is 5.11 Å². The topological polar surface area (TPSA) is 131 Å². The Bertz CT molecular complexity index is 952. The van der Waals surface area contributed by atoms with Gasteiger partial charge in [-0.3, -0.25) is 0 Å². The molecule has 1 aliphatic rings. The number of pyridine rings is 1. The summed E-state index contributed by atoms with van der Waals surface area (Å²) < 4.78 is 1.82. The average molecular weight is 393 g/mol. The third-order valence-corrected chi connectivity index (χ3v) is 5.87. The van der Waals surface area contributed by atoms with E-state index in [2.05, 4.69) is 25.1 Å². The molecule has 9 nitrogen and oxygen atoms in total. The minimum absolute atomic E-state index is 0.279. The monoisotopic (exact) mass is 392 g/mol. The van der Waals surface area contributed by atoms with E-state index >= 15 is 0 Å². The van der Waals surface area contributed by atoms with Crippen LogP contribution in [0, 0.1) is 0 Å². The van der Waals surface area contributed by atoms with Gasteiger partial charge < -0.3 is 21.5 Å². The molecule has 0 radical (unpaired) electrons. The van der Waals surface area contributed by atoms with E-state index in [4.69, 9.17) is 23.1 Å². The van der Waals surface area contributed by atoms with Gasteiger partial charge in [-0.05, 0) is 6.07 Å². The molecule has 1 aliphatic heterocycles. The first-order chi connectivity index (χ1) is 12.4. The Morgan fingerprint density at radius 2 is 2.00 bits per heavy atom. The standard InChI is InChI=1S/C15H17ClN8OS/c16-11-9(1-4-19-12(11)17)26-10-7-20-14(24-8-21-22-13(10)24)23-5-2-15(18,25)3-6-23/h1,4,7-8,25H,2-3,5-6,18H2,(H2,17,19). The van der Waals surface area contributed by atoms with Crippen LogP contribution in [-0.4, -0.2) is 48.5 Å². The Morgan fingerprint density at radius 3 is 2.77 bits per heavy atom. The Kier molecular flexibility index (Phi) is 4.35. The molecule has 5 N–H and O–H groups in total. The molecule has 0 aliphatic carbocycles. The fourth-order valence-corrected chi connectivity index (χ4v) is 3.95. The molecule has 26 heavy (non-hydrogen) atoms. The van der Waals surface area contributed by atoms with Crippen LogP contribution in [0.2, 0.25) is 5.02 Å². The maximum atomic E-state index is 9.94. The summed E-state index contributed by atoms with van der Waals surface area (Å²) in [5.74, 6) is 0.992. The summed E-state index contributed by atoms with van der Waals surface area (Å²) in [5.41, 5.74) is 11.1. The van der Waals surface area contributed by atoms with Gasteiger partial charge in [0.1, 0.15) is 17.9 Å². The number of nitrogens with zero attached hydrogens (tertiary/aromatic N) is 6. The minimum Gasteiger partial charge on any atom is -0.382 e. The van der Waals surface area contributed by atoms with E-state index in [1.165, 1.54) is 11.8 Å². The molecule has 0 atom stereocenters. The summed E-state index contributed by atoms with van der Waals surface area (Å²) >= 11 is 7.63. The molecular weight excluding hydrogens is 376 g/mol. The van der Waals surface area contributed by atoms with Gasteiger partial charge in [0.15, 0.2) is 5.65 Å².